The predicted molar refractivity (Wildman–Crippen MR) is 83.7 cm³/mol. The molecule has 0 saturated carbocycles. The Bertz CT molecular complexity index is 466. The largest absolute Gasteiger partial charge is 0.496 e. The van der Waals surface area contributed by atoms with Gasteiger partial charge in [0.15, 0.2) is 0 Å². The first-order valence-corrected chi connectivity index (χ1v) is 7.40. The van der Waals surface area contributed by atoms with Gasteiger partial charge in [0.05, 0.1) is 7.11 Å². The molecule has 0 aliphatic heterocycles. The average molecular weight is 277 g/mol. The zero-order valence-electron chi connectivity index (χ0n) is 13.5. The van der Waals surface area contributed by atoms with E-state index in [4.69, 9.17) is 4.74 Å². The third-order valence-electron chi connectivity index (χ3n) is 3.54. The highest BCUT2D eigenvalue weighted by molar-refractivity contribution is 5.96. The highest BCUT2D eigenvalue weighted by Crippen LogP contribution is 2.29. The molecule has 1 aromatic carbocycles. The normalized spacial score (nSPS) is 12.3. The Balaban J connectivity index is 3.05. The summed E-state index contributed by atoms with van der Waals surface area (Å²) in [4.78, 5) is 12.4. The summed E-state index contributed by atoms with van der Waals surface area (Å²) in [6.07, 6.45) is 2.07. The first-order valence-electron chi connectivity index (χ1n) is 7.40. The van der Waals surface area contributed by atoms with Crippen LogP contribution in [-0.4, -0.2) is 19.1 Å². The van der Waals surface area contributed by atoms with Gasteiger partial charge in [0, 0.05) is 11.6 Å². The molecule has 0 aliphatic rings. The molecular weight excluding hydrogens is 250 g/mol. The van der Waals surface area contributed by atoms with Crippen molar-refractivity contribution in [3.63, 3.8) is 0 Å². The van der Waals surface area contributed by atoms with E-state index < -0.39 is 0 Å². The Hall–Kier alpha value is -1.51. The van der Waals surface area contributed by atoms with E-state index in [-0.39, 0.29) is 11.9 Å². The van der Waals surface area contributed by atoms with E-state index in [1.54, 1.807) is 7.11 Å². The summed E-state index contributed by atoms with van der Waals surface area (Å²) >= 11 is 0. The number of rotatable bonds is 6. The number of benzene rings is 1. The van der Waals surface area contributed by atoms with Crippen molar-refractivity contribution in [2.75, 3.05) is 7.11 Å². The van der Waals surface area contributed by atoms with Gasteiger partial charge in [-0.3, -0.25) is 4.79 Å². The lowest BCUT2D eigenvalue weighted by atomic mass is 9.96. The second kappa shape index (κ2) is 7.32. The van der Waals surface area contributed by atoms with Gasteiger partial charge in [0.25, 0.3) is 5.91 Å². The third-order valence-corrected chi connectivity index (χ3v) is 3.54. The number of ether oxygens (including phenoxy) is 1. The van der Waals surface area contributed by atoms with Gasteiger partial charge in [0.2, 0.25) is 0 Å². The van der Waals surface area contributed by atoms with Crippen LogP contribution in [-0.2, 0) is 0 Å². The molecule has 3 nitrogen and oxygen atoms in total. The van der Waals surface area contributed by atoms with Crippen LogP contribution in [0.5, 0.6) is 5.75 Å². The van der Waals surface area contributed by atoms with Gasteiger partial charge in [-0.15, -0.1) is 0 Å². The van der Waals surface area contributed by atoms with Gasteiger partial charge < -0.3 is 10.1 Å². The SMILES string of the molecule is CCCC(C)NC(=O)c1cc(C(C)C)c(OC)cc1C. The molecule has 0 aliphatic carbocycles. The van der Waals surface area contributed by atoms with E-state index in [2.05, 4.69) is 26.1 Å². The fourth-order valence-electron chi connectivity index (χ4n) is 2.38. The Morgan fingerprint density at radius 2 is 1.95 bits per heavy atom. The number of hydrogen-bond acceptors (Lipinski definition) is 2. The zero-order chi connectivity index (χ0) is 15.3. The number of aryl methyl sites for hydroxylation is 1. The van der Waals surface area contributed by atoms with Crippen molar-refractivity contribution >= 4 is 5.91 Å². The molecule has 1 aromatic rings. The van der Waals surface area contributed by atoms with E-state index >= 15 is 0 Å². The number of amides is 1. The van der Waals surface area contributed by atoms with E-state index in [0.717, 1.165) is 35.3 Å². The molecule has 0 fully saturated rings. The minimum Gasteiger partial charge on any atom is -0.496 e. The van der Waals surface area contributed by atoms with Crippen molar-refractivity contribution in [3.05, 3.63) is 28.8 Å². The lowest BCUT2D eigenvalue weighted by molar-refractivity contribution is 0.0937. The summed E-state index contributed by atoms with van der Waals surface area (Å²) in [6.45, 7) is 10.3. The minimum absolute atomic E-state index is 0.00741. The van der Waals surface area contributed by atoms with Gasteiger partial charge in [-0.05, 0) is 49.4 Å². The molecule has 0 heterocycles. The molecule has 1 atom stereocenters. The smallest absolute Gasteiger partial charge is 0.251 e. The molecule has 0 bridgehead atoms. The standard InChI is InChI=1S/C17H27NO2/c1-7-8-13(5)18-17(19)15-10-14(11(2)3)16(20-6)9-12(15)4/h9-11,13H,7-8H2,1-6H3,(H,18,19). The molecule has 3 heteroatoms. The summed E-state index contributed by atoms with van der Waals surface area (Å²) in [5.74, 6) is 1.19. The maximum atomic E-state index is 12.4. The van der Waals surface area contributed by atoms with Crippen LogP contribution in [0.4, 0.5) is 0 Å². The first-order chi connectivity index (χ1) is 9.40. The molecular formula is C17H27NO2. The van der Waals surface area contributed by atoms with Gasteiger partial charge in [-0.25, -0.2) is 0 Å². The minimum atomic E-state index is 0.00741. The monoisotopic (exact) mass is 277 g/mol. The van der Waals surface area contributed by atoms with Crippen molar-refractivity contribution in [1.29, 1.82) is 0 Å². The molecule has 112 valence electrons. The molecule has 0 radical (unpaired) electrons. The Kier molecular flexibility index (Phi) is 6.05. The Morgan fingerprint density at radius 1 is 1.30 bits per heavy atom. The lowest BCUT2D eigenvalue weighted by Gasteiger charge is -2.18. The van der Waals surface area contributed by atoms with Crippen molar-refractivity contribution in [1.82, 2.24) is 5.32 Å². The van der Waals surface area contributed by atoms with Crippen LogP contribution in [0.3, 0.4) is 0 Å². The predicted octanol–water partition coefficient (Wildman–Crippen LogP) is 4.05. The average Bonchev–Trinajstić information content (AvgIpc) is 2.37. The highest BCUT2D eigenvalue weighted by atomic mass is 16.5. The summed E-state index contributed by atoms with van der Waals surface area (Å²) in [7, 11) is 1.67. The molecule has 1 rings (SSSR count). The van der Waals surface area contributed by atoms with Crippen molar-refractivity contribution in [2.24, 2.45) is 0 Å². The van der Waals surface area contributed by atoms with Gasteiger partial charge in [-0.2, -0.15) is 0 Å². The molecule has 1 unspecified atom stereocenters. The molecule has 20 heavy (non-hydrogen) atoms. The quantitative estimate of drug-likeness (QED) is 0.852. The molecule has 0 spiro atoms. The summed E-state index contributed by atoms with van der Waals surface area (Å²) < 4.78 is 5.41. The van der Waals surface area contributed by atoms with E-state index in [9.17, 15) is 4.79 Å². The second-order valence-electron chi connectivity index (χ2n) is 5.73. The van der Waals surface area contributed by atoms with Crippen LogP contribution in [0.2, 0.25) is 0 Å². The number of methoxy groups -OCH3 is 1. The van der Waals surface area contributed by atoms with Gasteiger partial charge >= 0.3 is 0 Å². The number of hydrogen-bond donors (Lipinski definition) is 1. The van der Waals surface area contributed by atoms with Crippen LogP contribution in [0.25, 0.3) is 0 Å². The Labute approximate surface area is 122 Å². The number of nitrogens with one attached hydrogen (secondary N) is 1. The zero-order valence-corrected chi connectivity index (χ0v) is 13.5. The molecule has 0 aromatic heterocycles. The van der Waals surface area contributed by atoms with E-state index in [0.29, 0.717) is 5.92 Å². The second-order valence-corrected chi connectivity index (χ2v) is 5.73. The maximum absolute atomic E-state index is 12.4. The fraction of sp³-hybridized carbons (Fsp3) is 0.588. The third kappa shape index (κ3) is 3.99. The molecule has 1 N–H and O–H groups in total. The van der Waals surface area contributed by atoms with E-state index in [1.165, 1.54) is 0 Å². The maximum Gasteiger partial charge on any atom is 0.251 e. The summed E-state index contributed by atoms with van der Waals surface area (Å²) in [5, 5.41) is 3.06. The van der Waals surface area contributed by atoms with Gasteiger partial charge in [0.1, 0.15) is 5.75 Å². The fourth-order valence-corrected chi connectivity index (χ4v) is 2.38. The van der Waals surface area contributed by atoms with Crippen LogP contribution < -0.4 is 10.1 Å². The van der Waals surface area contributed by atoms with Crippen LogP contribution in [0, 0.1) is 6.92 Å². The summed E-state index contributed by atoms with van der Waals surface area (Å²) in [6, 6.07) is 4.12. The number of carbonyl (C=O) groups excluding carboxylic acids is 1. The highest BCUT2D eigenvalue weighted by Gasteiger charge is 2.16. The summed E-state index contributed by atoms with van der Waals surface area (Å²) in [5.41, 5.74) is 2.77. The topological polar surface area (TPSA) is 38.3 Å². The van der Waals surface area contributed by atoms with Crippen LogP contribution in [0.15, 0.2) is 12.1 Å². The van der Waals surface area contributed by atoms with Crippen LogP contribution in [0.1, 0.15) is 67.9 Å². The lowest BCUT2D eigenvalue weighted by Crippen LogP contribution is -2.32. The first kappa shape index (κ1) is 16.5. The van der Waals surface area contributed by atoms with Crippen molar-refractivity contribution < 1.29 is 9.53 Å². The van der Waals surface area contributed by atoms with Crippen LogP contribution >= 0.6 is 0 Å². The van der Waals surface area contributed by atoms with E-state index in [1.807, 2.05) is 26.0 Å². The number of carbonyl (C=O) groups is 1. The molecule has 0 saturated heterocycles. The Morgan fingerprint density at radius 3 is 2.45 bits per heavy atom. The van der Waals surface area contributed by atoms with Gasteiger partial charge in [-0.1, -0.05) is 27.2 Å². The van der Waals surface area contributed by atoms with Crippen molar-refractivity contribution in [3.8, 4) is 5.75 Å². The molecule has 1 amide bonds. The van der Waals surface area contributed by atoms with Crippen molar-refractivity contribution in [2.45, 2.75) is 59.4 Å².